The molecular formula is C15H15N5OS. The lowest BCUT2D eigenvalue weighted by atomic mass is 10.2. The van der Waals surface area contributed by atoms with Gasteiger partial charge in [-0.25, -0.2) is 9.97 Å². The van der Waals surface area contributed by atoms with Crippen LogP contribution in [-0.2, 0) is 13.0 Å². The summed E-state index contributed by atoms with van der Waals surface area (Å²) in [4.78, 5) is 11.5. The second-order valence-corrected chi connectivity index (χ2v) is 6.13. The third-order valence-electron chi connectivity index (χ3n) is 3.73. The van der Waals surface area contributed by atoms with E-state index in [4.69, 9.17) is 9.40 Å². The lowest BCUT2D eigenvalue weighted by molar-refractivity contribution is 0.517. The molecule has 0 fully saturated rings. The summed E-state index contributed by atoms with van der Waals surface area (Å²) in [5.74, 6) is 1.53. The first-order valence-electron chi connectivity index (χ1n) is 7.16. The number of hydrogen-bond acceptors (Lipinski definition) is 6. The average molecular weight is 313 g/mol. The summed E-state index contributed by atoms with van der Waals surface area (Å²) >= 11 is 1.72. The maximum absolute atomic E-state index is 5.34. The monoisotopic (exact) mass is 313 g/mol. The molecule has 112 valence electrons. The van der Waals surface area contributed by atoms with E-state index in [2.05, 4.69) is 29.2 Å². The van der Waals surface area contributed by atoms with Gasteiger partial charge in [0.25, 0.3) is 0 Å². The molecule has 7 heteroatoms. The Hall–Kier alpha value is -2.41. The standard InChI is InChI=1S/C15H15N5OS/c1-3-11-9(2)12-13-17-8-18-20(13)15(19-14(12)22-11)16-7-10-5-4-6-21-10/h4-6,8H,3,7H2,1-2H3,(H,16,19). The molecular weight excluding hydrogens is 298 g/mol. The minimum Gasteiger partial charge on any atom is -0.467 e. The molecule has 1 N–H and O–H groups in total. The van der Waals surface area contributed by atoms with Crippen molar-refractivity contribution >= 4 is 33.1 Å². The van der Waals surface area contributed by atoms with Crippen molar-refractivity contribution in [3.63, 3.8) is 0 Å². The van der Waals surface area contributed by atoms with Crippen LogP contribution in [0.3, 0.4) is 0 Å². The van der Waals surface area contributed by atoms with Crippen LogP contribution in [0, 0.1) is 6.92 Å². The van der Waals surface area contributed by atoms with E-state index in [1.807, 2.05) is 12.1 Å². The molecule has 0 spiro atoms. The topological polar surface area (TPSA) is 68.2 Å². The molecule has 0 amide bonds. The molecule has 0 radical (unpaired) electrons. The highest BCUT2D eigenvalue weighted by molar-refractivity contribution is 7.19. The fraction of sp³-hybridized carbons (Fsp3) is 0.267. The second-order valence-electron chi connectivity index (χ2n) is 5.05. The number of nitrogens with one attached hydrogen (secondary N) is 1. The van der Waals surface area contributed by atoms with Gasteiger partial charge >= 0.3 is 0 Å². The van der Waals surface area contributed by atoms with Crippen molar-refractivity contribution < 1.29 is 4.42 Å². The SMILES string of the molecule is CCc1sc2nc(NCc3ccco3)n3ncnc3c2c1C. The van der Waals surface area contributed by atoms with E-state index < -0.39 is 0 Å². The van der Waals surface area contributed by atoms with Gasteiger partial charge in [0.05, 0.1) is 18.2 Å². The Bertz CT molecular complexity index is 938. The van der Waals surface area contributed by atoms with Gasteiger partial charge in [0, 0.05) is 4.88 Å². The van der Waals surface area contributed by atoms with Crippen LogP contribution in [0.1, 0.15) is 23.1 Å². The number of nitrogens with zero attached hydrogens (tertiary/aromatic N) is 4. The zero-order valence-electron chi connectivity index (χ0n) is 12.3. The Morgan fingerprint density at radius 2 is 2.32 bits per heavy atom. The summed E-state index contributed by atoms with van der Waals surface area (Å²) in [5.41, 5.74) is 2.10. The van der Waals surface area contributed by atoms with Crippen LogP contribution < -0.4 is 5.32 Å². The van der Waals surface area contributed by atoms with Gasteiger partial charge in [-0.05, 0) is 31.0 Å². The van der Waals surface area contributed by atoms with Crippen molar-refractivity contribution in [2.75, 3.05) is 5.32 Å². The molecule has 0 saturated carbocycles. The minimum absolute atomic E-state index is 0.561. The van der Waals surface area contributed by atoms with Crippen LogP contribution in [0.2, 0.25) is 0 Å². The van der Waals surface area contributed by atoms with Gasteiger partial charge in [-0.15, -0.1) is 11.3 Å². The highest BCUT2D eigenvalue weighted by Crippen LogP contribution is 2.33. The van der Waals surface area contributed by atoms with E-state index in [0.29, 0.717) is 12.5 Å². The van der Waals surface area contributed by atoms with E-state index >= 15 is 0 Å². The molecule has 0 unspecified atom stereocenters. The van der Waals surface area contributed by atoms with Gasteiger partial charge in [-0.1, -0.05) is 6.92 Å². The molecule has 4 aromatic rings. The van der Waals surface area contributed by atoms with Crippen molar-refractivity contribution in [3.05, 3.63) is 40.9 Å². The van der Waals surface area contributed by atoms with E-state index in [9.17, 15) is 0 Å². The lowest BCUT2D eigenvalue weighted by Crippen LogP contribution is -2.07. The zero-order chi connectivity index (χ0) is 15.1. The predicted octanol–water partition coefficient (Wildman–Crippen LogP) is 3.41. The Morgan fingerprint density at radius 3 is 3.09 bits per heavy atom. The summed E-state index contributed by atoms with van der Waals surface area (Å²) in [6.45, 7) is 4.85. The molecule has 0 atom stereocenters. The van der Waals surface area contributed by atoms with E-state index in [1.54, 1.807) is 28.4 Å². The van der Waals surface area contributed by atoms with Gasteiger partial charge in [0.2, 0.25) is 5.95 Å². The summed E-state index contributed by atoms with van der Waals surface area (Å²) in [6, 6.07) is 3.80. The van der Waals surface area contributed by atoms with Crippen LogP contribution in [0.15, 0.2) is 29.1 Å². The maximum atomic E-state index is 5.34. The maximum Gasteiger partial charge on any atom is 0.227 e. The molecule has 22 heavy (non-hydrogen) atoms. The van der Waals surface area contributed by atoms with E-state index in [0.717, 1.165) is 28.0 Å². The van der Waals surface area contributed by atoms with Crippen LogP contribution in [0.5, 0.6) is 0 Å². The Morgan fingerprint density at radius 1 is 1.41 bits per heavy atom. The van der Waals surface area contributed by atoms with Crippen molar-refractivity contribution in [2.45, 2.75) is 26.8 Å². The van der Waals surface area contributed by atoms with Crippen LogP contribution in [-0.4, -0.2) is 19.6 Å². The van der Waals surface area contributed by atoms with Gasteiger partial charge < -0.3 is 9.73 Å². The first-order chi connectivity index (χ1) is 10.8. The van der Waals surface area contributed by atoms with Crippen LogP contribution in [0.4, 0.5) is 5.95 Å². The summed E-state index contributed by atoms with van der Waals surface area (Å²) in [7, 11) is 0. The highest BCUT2D eigenvalue weighted by atomic mass is 32.1. The Kier molecular flexibility index (Phi) is 3.07. The molecule has 0 aliphatic carbocycles. The molecule has 4 rings (SSSR count). The Labute approximate surface area is 130 Å². The number of aromatic nitrogens is 4. The largest absolute Gasteiger partial charge is 0.467 e. The zero-order valence-corrected chi connectivity index (χ0v) is 13.1. The fourth-order valence-electron chi connectivity index (χ4n) is 2.63. The molecule has 0 aliphatic heterocycles. The highest BCUT2D eigenvalue weighted by Gasteiger charge is 2.16. The number of anilines is 1. The number of aryl methyl sites for hydroxylation is 2. The second kappa shape index (κ2) is 5.10. The van der Waals surface area contributed by atoms with Gasteiger partial charge in [-0.3, -0.25) is 0 Å². The summed E-state index contributed by atoms with van der Waals surface area (Å²) in [5, 5.41) is 8.68. The van der Waals surface area contributed by atoms with Crippen LogP contribution in [0.25, 0.3) is 15.9 Å². The van der Waals surface area contributed by atoms with Crippen molar-refractivity contribution in [3.8, 4) is 0 Å². The molecule has 0 aromatic carbocycles. The van der Waals surface area contributed by atoms with E-state index in [-0.39, 0.29) is 0 Å². The fourth-order valence-corrected chi connectivity index (χ4v) is 3.74. The van der Waals surface area contributed by atoms with Crippen molar-refractivity contribution in [1.82, 2.24) is 19.6 Å². The first-order valence-corrected chi connectivity index (χ1v) is 7.97. The predicted molar refractivity (Wildman–Crippen MR) is 86.3 cm³/mol. The summed E-state index contributed by atoms with van der Waals surface area (Å²) in [6.07, 6.45) is 4.23. The third-order valence-corrected chi connectivity index (χ3v) is 5.06. The third kappa shape index (κ3) is 1.97. The van der Waals surface area contributed by atoms with Crippen molar-refractivity contribution in [2.24, 2.45) is 0 Å². The van der Waals surface area contributed by atoms with E-state index in [1.165, 1.54) is 10.4 Å². The summed E-state index contributed by atoms with van der Waals surface area (Å²) < 4.78 is 7.10. The minimum atomic E-state index is 0.561. The van der Waals surface area contributed by atoms with Gasteiger partial charge in [0.1, 0.15) is 16.9 Å². The number of thiophene rings is 1. The smallest absolute Gasteiger partial charge is 0.227 e. The number of furan rings is 1. The first kappa shape index (κ1) is 13.3. The quantitative estimate of drug-likeness (QED) is 0.625. The van der Waals surface area contributed by atoms with Crippen molar-refractivity contribution in [1.29, 1.82) is 0 Å². The van der Waals surface area contributed by atoms with Crippen LogP contribution >= 0.6 is 11.3 Å². The number of rotatable bonds is 4. The lowest BCUT2D eigenvalue weighted by Gasteiger charge is -2.06. The van der Waals surface area contributed by atoms with Gasteiger partial charge in [0.15, 0.2) is 5.65 Å². The molecule has 4 heterocycles. The molecule has 6 nitrogen and oxygen atoms in total. The average Bonchev–Trinajstić information content (AvgIpc) is 3.24. The number of hydrogen-bond donors (Lipinski definition) is 1. The molecule has 0 aliphatic rings. The number of fused-ring (bicyclic) bond motifs is 3. The normalized spacial score (nSPS) is 11.5. The molecule has 0 saturated heterocycles. The Balaban J connectivity index is 1.84. The molecule has 0 bridgehead atoms. The van der Waals surface area contributed by atoms with Gasteiger partial charge in [-0.2, -0.15) is 9.61 Å². The molecule has 4 aromatic heterocycles.